The van der Waals surface area contributed by atoms with Crippen LogP contribution in [0.25, 0.3) is 16.8 Å². The monoisotopic (exact) mass is 506 g/mol. The lowest BCUT2D eigenvalue weighted by Gasteiger charge is -2.13. The first-order valence-electron chi connectivity index (χ1n) is 11.9. The highest BCUT2D eigenvalue weighted by Gasteiger charge is 2.32. The Kier molecular flexibility index (Phi) is 7.38. The summed E-state index contributed by atoms with van der Waals surface area (Å²) in [7, 11) is 1.61. The van der Waals surface area contributed by atoms with E-state index in [1.165, 1.54) is 22.5 Å². The molecule has 0 spiro atoms. The molecule has 0 radical (unpaired) electrons. The fourth-order valence-corrected chi connectivity index (χ4v) is 5.12. The number of thioether (sulfide) groups is 1. The molecule has 4 aromatic carbocycles. The van der Waals surface area contributed by atoms with Gasteiger partial charge < -0.3 is 9.47 Å². The quantitative estimate of drug-likeness (QED) is 0.187. The van der Waals surface area contributed by atoms with Crippen LogP contribution in [0.2, 0.25) is 0 Å². The summed E-state index contributed by atoms with van der Waals surface area (Å²) in [5.74, 6) is 1.14. The van der Waals surface area contributed by atoms with Crippen LogP contribution < -0.4 is 9.47 Å². The molecule has 5 rings (SSSR count). The van der Waals surface area contributed by atoms with Gasteiger partial charge >= 0.3 is 0 Å². The molecule has 184 valence electrons. The van der Waals surface area contributed by atoms with Gasteiger partial charge in [0, 0.05) is 6.54 Å². The summed E-state index contributed by atoms with van der Waals surface area (Å²) in [6, 6.07) is 29.7. The summed E-state index contributed by atoms with van der Waals surface area (Å²) < 4.78 is 11.8. The third kappa shape index (κ3) is 5.44. The van der Waals surface area contributed by atoms with Gasteiger partial charge in [-0.1, -0.05) is 72.8 Å². The molecule has 1 amide bonds. The molecule has 1 heterocycles. The molecular weight excluding hydrogens is 480 g/mol. The molecule has 0 saturated carbocycles. The van der Waals surface area contributed by atoms with Crippen molar-refractivity contribution in [2.24, 2.45) is 4.99 Å². The van der Waals surface area contributed by atoms with E-state index in [0.29, 0.717) is 34.7 Å². The van der Waals surface area contributed by atoms with Gasteiger partial charge in [-0.2, -0.15) is 0 Å². The summed E-state index contributed by atoms with van der Waals surface area (Å²) >= 11 is 1.35. The predicted molar refractivity (Wildman–Crippen MR) is 152 cm³/mol. The van der Waals surface area contributed by atoms with E-state index in [4.69, 9.17) is 9.47 Å². The highest BCUT2D eigenvalue weighted by atomic mass is 32.2. The van der Waals surface area contributed by atoms with Crippen molar-refractivity contribution in [2.45, 2.75) is 6.61 Å². The summed E-state index contributed by atoms with van der Waals surface area (Å²) in [6.45, 7) is 4.60. The molecular formula is C31H26N2O3S. The summed E-state index contributed by atoms with van der Waals surface area (Å²) in [4.78, 5) is 20.0. The zero-order chi connectivity index (χ0) is 25.6. The minimum Gasteiger partial charge on any atom is -0.493 e. The first-order chi connectivity index (χ1) is 18.2. The number of amidine groups is 1. The molecule has 5 nitrogen and oxygen atoms in total. The number of para-hydroxylation sites is 1. The molecule has 1 saturated heterocycles. The van der Waals surface area contributed by atoms with Crippen molar-refractivity contribution in [2.75, 3.05) is 13.7 Å². The number of carbonyl (C=O) groups is 1. The summed E-state index contributed by atoms with van der Waals surface area (Å²) in [6.07, 6.45) is 3.56. The number of hydrogen-bond donors (Lipinski definition) is 0. The highest BCUT2D eigenvalue weighted by Crippen LogP contribution is 2.36. The Labute approximate surface area is 220 Å². The van der Waals surface area contributed by atoms with Gasteiger partial charge in [0.2, 0.25) is 0 Å². The van der Waals surface area contributed by atoms with Crippen LogP contribution >= 0.6 is 11.8 Å². The van der Waals surface area contributed by atoms with Crippen molar-refractivity contribution < 1.29 is 14.3 Å². The molecule has 1 aliphatic rings. The number of rotatable bonds is 8. The largest absolute Gasteiger partial charge is 0.493 e. The molecule has 0 aromatic heterocycles. The first-order valence-corrected chi connectivity index (χ1v) is 12.7. The van der Waals surface area contributed by atoms with Crippen LogP contribution in [0.3, 0.4) is 0 Å². The molecule has 4 aromatic rings. The zero-order valence-corrected chi connectivity index (χ0v) is 21.3. The lowest BCUT2D eigenvalue weighted by atomic mass is 10.1. The summed E-state index contributed by atoms with van der Waals surface area (Å²) in [5.41, 5.74) is 2.74. The third-order valence-corrected chi connectivity index (χ3v) is 6.94. The SMILES string of the molecule is C=CCN1C(=O)/C(=C\c2ccc(OCc3cccc4ccccc34)c(OC)c2)SC1=Nc1ccccc1. The molecule has 0 bridgehead atoms. The molecule has 0 N–H and O–H groups in total. The highest BCUT2D eigenvalue weighted by molar-refractivity contribution is 8.18. The van der Waals surface area contributed by atoms with Gasteiger partial charge in [-0.15, -0.1) is 6.58 Å². The number of carbonyl (C=O) groups excluding carboxylic acids is 1. The Bertz CT molecular complexity index is 1510. The van der Waals surface area contributed by atoms with Crippen LogP contribution in [0.15, 0.2) is 114 Å². The smallest absolute Gasteiger partial charge is 0.267 e. The topological polar surface area (TPSA) is 51.1 Å². The number of fused-ring (bicyclic) bond motifs is 1. The second-order valence-electron chi connectivity index (χ2n) is 8.38. The second kappa shape index (κ2) is 11.2. The first kappa shape index (κ1) is 24.4. The standard InChI is InChI=1S/C31H26N2O3S/c1-3-18-33-30(34)29(37-31(33)32-25-13-5-4-6-14-25)20-22-16-17-27(28(19-22)35-2)36-21-24-12-9-11-23-10-7-8-15-26(23)24/h3-17,19-20H,1,18,21H2,2H3/b29-20+,32-31?. The summed E-state index contributed by atoms with van der Waals surface area (Å²) in [5, 5.41) is 2.97. The van der Waals surface area contributed by atoms with Crippen molar-refractivity contribution in [3.05, 3.63) is 120 Å². The maximum Gasteiger partial charge on any atom is 0.267 e. The molecule has 0 atom stereocenters. The van der Waals surface area contributed by atoms with E-state index in [2.05, 4.69) is 35.8 Å². The van der Waals surface area contributed by atoms with Gasteiger partial charge in [0.1, 0.15) is 6.61 Å². The van der Waals surface area contributed by atoms with Crippen molar-refractivity contribution in [1.82, 2.24) is 4.90 Å². The Morgan fingerprint density at radius 1 is 0.946 bits per heavy atom. The normalized spacial score (nSPS) is 15.5. The fourth-order valence-electron chi connectivity index (χ4n) is 4.11. The number of aliphatic imine (C=N–C) groups is 1. The van der Waals surface area contributed by atoms with E-state index < -0.39 is 0 Å². The number of ether oxygens (including phenoxy) is 2. The van der Waals surface area contributed by atoms with E-state index in [-0.39, 0.29) is 5.91 Å². The van der Waals surface area contributed by atoms with Gasteiger partial charge in [-0.25, -0.2) is 4.99 Å². The van der Waals surface area contributed by atoms with Gasteiger partial charge in [0.15, 0.2) is 16.7 Å². The van der Waals surface area contributed by atoms with Crippen LogP contribution in [0.5, 0.6) is 11.5 Å². The van der Waals surface area contributed by atoms with Gasteiger partial charge in [-0.3, -0.25) is 9.69 Å². The molecule has 1 aliphatic heterocycles. The average molecular weight is 507 g/mol. The number of hydrogen-bond acceptors (Lipinski definition) is 5. The Hall–Kier alpha value is -4.29. The minimum atomic E-state index is -0.102. The molecule has 1 fully saturated rings. The maximum atomic E-state index is 13.1. The van der Waals surface area contributed by atoms with Gasteiger partial charge in [-0.05, 0) is 64.0 Å². The van der Waals surface area contributed by atoms with Crippen molar-refractivity contribution in [1.29, 1.82) is 0 Å². The Morgan fingerprint density at radius 3 is 2.54 bits per heavy atom. The molecule has 37 heavy (non-hydrogen) atoms. The maximum absolute atomic E-state index is 13.1. The van der Waals surface area contributed by atoms with E-state index in [1.807, 2.05) is 72.8 Å². The van der Waals surface area contributed by atoms with Crippen LogP contribution in [-0.4, -0.2) is 29.6 Å². The number of benzene rings is 4. The fraction of sp³-hybridized carbons (Fsp3) is 0.0968. The average Bonchev–Trinajstić information content (AvgIpc) is 3.21. The van der Waals surface area contributed by atoms with E-state index in [1.54, 1.807) is 18.1 Å². The number of amides is 1. The van der Waals surface area contributed by atoms with E-state index >= 15 is 0 Å². The van der Waals surface area contributed by atoms with Crippen molar-refractivity contribution in [3.63, 3.8) is 0 Å². The van der Waals surface area contributed by atoms with Crippen LogP contribution in [0.1, 0.15) is 11.1 Å². The van der Waals surface area contributed by atoms with Crippen LogP contribution in [-0.2, 0) is 11.4 Å². The molecule has 0 aliphatic carbocycles. The van der Waals surface area contributed by atoms with Gasteiger partial charge in [0.25, 0.3) is 5.91 Å². The molecule has 6 heteroatoms. The number of methoxy groups -OCH3 is 1. The predicted octanol–water partition coefficient (Wildman–Crippen LogP) is 7.22. The second-order valence-corrected chi connectivity index (χ2v) is 9.39. The van der Waals surface area contributed by atoms with Crippen LogP contribution in [0, 0.1) is 0 Å². The lowest BCUT2D eigenvalue weighted by Crippen LogP contribution is -2.29. The molecule has 0 unspecified atom stereocenters. The Morgan fingerprint density at radius 2 is 1.73 bits per heavy atom. The zero-order valence-electron chi connectivity index (χ0n) is 20.5. The van der Waals surface area contributed by atoms with Gasteiger partial charge in [0.05, 0.1) is 17.7 Å². The van der Waals surface area contributed by atoms with E-state index in [0.717, 1.165) is 16.8 Å². The van der Waals surface area contributed by atoms with Crippen molar-refractivity contribution in [3.8, 4) is 11.5 Å². The number of nitrogens with zero attached hydrogens (tertiary/aromatic N) is 2. The van der Waals surface area contributed by atoms with E-state index in [9.17, 15) is 4.79 Å². The van der Waals surface area contributed by atoms with Crippen molar-refractivity contribution >= 4 is 45.4 Å². The lowest BCUT2D eigenvalue weighted by molar-refractivity contribution is -0.121. The minimum absolute atomic E-state index is 0.102. The third-order valence-electron chi connectivity index (χ3n) is 5.93. The Balaban J connectivity index is 1.38. The van der Waals surface area contributed by atoms with Crippen LogP contribution in [0.4, 0.5) is 5.69 Å².